The highest BCUT2D eigenvalue weighted by atomic mass is 16.2. The first-order chi connectivity index (χ1) is 7.31. The van der Waals surface area contributed by atoms with Gasteiger partial charge in [-0.05, 0) is 6.07 Å². The quantitative estimate of drug-likeness (QED) is 0.737. The van der Waals surface area contributed by atoms with Crippen molar-refractivity contribution in [2.24, 2.45) is 5.10 Å². The van der Waals surface area contributed by atoms with Crippen LogP contribution in [-0.4, -0.2) is 11.6 Å². The van der Waals surface area contributed by atoms with Gasteiger partial charge in [0.15, 0.2) is 0 Å². The number of carbonyl (C=O) groups is 1. The van der Waals surface area contributed by atoms with Gasteiger partial charge in [-0.2, -0.15) is 10.4 Å². The maximum absolute atomic E-state index is 10.9. The lowest BCUT2D eigenvalue weighted by molar-refractivity contribution is -0.121. The standard InChI is InChI=1S/C11H9N3O/c12-7-8-3-1-2-4-9(8)10-5-6-11(15)14-13-10/h1-4H,5-6H2,(H,14,15). The molecule has 4 nitrogen and oxygen atoms in total. The van der Waals surface area contributed by atoms with Crippen LogP contribution in [0.4, 0.5) is 0 Å². The van der Waals surface area contributed by atoms with Crippen molar-refractivity contribution in [3.63, 3.8) is 0 Å². The number of carbonyl (C=O) groups excluding carboxylic acids is 1. The SMILES string of the molecule is N#Cc1ccccc1C1=NNC(=O)CC1. The summed E-state index contributed by atoms with van der Waals surface area (Å²) in [4.78, 5) is 10.9. The fraction of sp³-hybridized carbons (Fsp3) is 0.182. The van der Waals surface area contributed by atoms with Crippen LogP contribution in [0, 0.1) is 11.3 Å². The lowest BCUT2D eigenvalue weighted by atomic mass is 10.00. The Hall–Kier alpha value is -2.15. The molecule has 0 aliphatic carbocycles. The van der Waals surface area contributed by atoms with Gasteiger partial charge in [-0.25, -0.2) is 5.43 Å². The number of nitrogens with zero attached hydrogens (tertiary/aromatic N) is 2. The second-order valence-electron chi connectivity index (χ2n) is 3.25. The highest BCUT2D eigenvalue weighted by molar-refractivity contribution is 6.05. The first-order valence-corrected chi connectivity index (χ1v) is 4.66. The average molecular weight is 199 g/mol. The molecule has 0 atom stereocenters. The van der Waals surface area contributed by atoms with Gasteiger partial charge in [0.1, 0.15) is 0 Å². The number of hydrogen-bond donors (Lipinski definition) is 1. The molecule has 0 radical (unpaired) electrons. The number of benzene rings is 1. The molecule has 15 heavy (non-hydrogen) atoms. The molecular weight excluding hydrogens is 190 g/mol. The van der Waals surface area contributed by atoms with E-state index in [1.54, 1.807) is 6.07 Å². The van der Waals surface area contributed by atoms with E-state index in [0.29, 0.717) is 18.4 Å². The molecule has 74 valence electrons. The topological polar surface area (TPSA) is 65.2 Å². The Bertz CT molecular complexity index is 471. The van der Waals surface area contributed by atoms with E-state index >= 15 is 0 Å². The summed E-state index contributed by atoms with van der Waals surface area (Å²) in [6, 6.07) is 9.36. The van der Waals surface area contributed by atoms with Crippen molar-refractivity contribution in [1.29, 1.82) is 5.26 Å². The molecule has 1 N–H and O–H groups in total. The third-order valence-corrected chi connectivity index (χ3v) is 2.26. The molecule has 2 rings (SSSR count). The van der Waals surface area contributed by atoms with Crippen molar-refractivity contribution in [2.45, 2.75) is 12.8 Å². The predicted molar refractivity (Wildman–Crippen MR) is 55.1 cm³/mol. The molecule has 0 spiro atoms. The minimum atomic E-state index is -0.0758. The van der Waals surface area contributed by atoms with Gasteiger partial charge >= 0.3 is 0 Å². The van der Waals surface area contributed by atoms with Crippen molar-refractivity contribution in [1.82, 2.24) is 5.43 Å². The van der Waals surface area contributed by atoms with Crippen LogP contribution in [0.5, 0.6) is 0 Å². The third-order valence-electron chi connectivity index (χ3n) is 2.26. The molecule has 0 fully saturated rings. The van der Waals surface area contributed by atoms with Crippen LogP contribution in [0.2, 0.25) is 0 Å². The number of nitrogens with one attached hydrogen (secondary N) is 1. The molecule has 4 heteroatoms. The van der Waals surface area contributed by atoms with Gasteiger partial charge in [0.25, 0.3) is 0 Å². The smallest absolute Gasteiger partial charge is 0.240 e. The number of hydrogen-bond acceptors (Lipinski definition) is 3. The molecule has 0 unspecified atom stereocenters. The lowest BCUT2D eigenvalue weighted by Crippen LogP contribution is -2.26. The maximum atomic E-state index is 10.9. The number of hydrazone groups is 1. The Morgan fingerprint density at radius 1 is 1.33 bits per heavy atom. The summed E-state index contributed by atoms with van der Waals surface area (Å²) in [7, 11) is 0. The van der Waals surface area contributed by atoms with Gasteiger partial charge in [-0.3, -0.25) is 4.79 Å². The number of amides is 1. The van der Waals surface area contributed by atoms with Gasteiger partial charge in [0.2, 0.25) is 5.91 Å². The summed E-state index contributed by atoms with van der Waals surface area (Å²) in [5, 5.41) is 12.9. The lowest BCUT2D eigenvalue weighted by Gasteiger charge is -2.12. The van der Waals surface area contributed by atoms with Crippen LogP contribution in [0.1, 0.15) is 24.0 Å². The summed E-state index contributed by atoms with van der Waals surface area (Å²) in [5.41, 5.74) is 4.59. The largest absolute Gasteiger partial charge is 0.273 e. The fourth-order valence-corrected chi connectivity index (χ4v) is 1.50. The van der Waals surface area contributed by atoms with Crippen molar-refractivity contribution in [3.8, 4) is 6.07 Å². The van der Waals surface area contributed by atoms with Crippen LogP contribution in [0.3, 0.4) is 0 Å². The van der Waals surface area contributed by atoms with Crippen LogP contribution < -0.4 is 5.43 Å². The molecule has 0 aromatic heterocycles. The Balaban J connectivity index is 2.38. The number of rotatable bonds is 1. The summed E-state index contributed by atoms with van der Waals surface area (Å²) < 4.78 is 0. The molecule has 1 aliphatic heterocycles. The summed E-state index contributed by atoms with van der Waals surface area (Å²) >= 11 is 0. The molecular formula is C11H9N3O. The van der Waals surface area contributed by atoms with E-state index in [9.17, 15) is 4.79 Å². The van der Waals surface area contributed by atoms with Crippen molar-refractivity contribution >= 4 is 11.6 Å². The fourth-order valence-electron chi connectivity index (χ4n) is 1.50. The molecule has 1 heterocycles. The van der Waals surface area contributed by atoms with E-state index in [2.05, 4.69) is 16.6 Å². The number of nitriles is 1. The minimum absolute atomic E-state index is 0.0758. The van der Waals surface area contributed by atoms with E-state index in [-0.39, 0.29) is 5.91 Å². The second-order valence-corrected chi connectivity index (χ2v) is 3.25. The van der Waals surface area contributed by atoms with Gasteiger partial charge in [0.05, 0.1) is 17.3 Å². The Morgan fingerprint density at radius 3 is 2.80 bits per heavy atom. The first-order valence-electron chi connectivity index (χ1n) is 4.66. The van der Waals surface area contributed by atoms with Crippen LogP contribution >= 0.6 is 0 Å². The molecule has 0 saturated carbocycles. The van der Waals surface area contributed by atoms with Crippen molar-refractivity contribution < 1.29 is 4.79 Å². The second kappa shape index (κ2) is 3.93. The summed E-state index contributed by atoms with van der Waals surface area (Å²) in [6.07, 6.45) is 1.02. The van der Waals surface area contributed by atoms with E-state index in [1.165, 1.54) is 0 Å². The summed E-state index contributed by atoms with van der Waals surface area (Å²) in [5.74, 6) is -0.0758. The molecule has 0 bridgehead atoms. The molecule has 1 aromatic carbocycles. The Kier molecular flexibility index (Phi) is 2.46. The Labute approximate surface area is 87.2 Å². The molecule has 1 aliphatic rings. The van der Waals surface area contributed by atoms with Crippen LogP contribution in [-0.2, 0) is 4.79 Å². The van der Waals surface area contributed by atoms with Crippen LogP contribution in [0.25, 0.3) is 0 Å². The minimum Gasteiger partial charge on any atom is -0.273 e. The predicted octanol–water partition coefficient (Wildman–Crippen LogP) is 1.17. The van der Waals surface area contributed by atoms with E-state index in [1.807, 2.05) is 18.2 Å². The normalized spacial score (nSPS) is 15.1. The molecule has 0 saturated heterocycles. The highest BCUT2D eigenvalue weighted by Gasteiger charge is 2.15. The van der Waals surface area contributed by atoms with E-state index in [4.69, 9.17) is 5.26 Å². The van der Waals surface area contributed by atoms with Gasteiger partial charge in [-0.1, -0.05) is 18.2 Å². The highest BCUT2D eigenvalue weighted by Crippen LogP contribution is 2.13. The summed E-state index contributed by atoms with van der Waals surface area (Å²) in [6.45, 7) is 0. The Morgan fingerprint density at radius 2 is 2.13 bits per heavy atom. The van der Waals surface area contributed by atoms with E-state index in [0.717, 1.165) is 11.3 Å². The van der Waals surface area contributed by atoms with Crippen LogP contribution in [0.15, 0.2) is 29.4 Å². The maximum Gasteiger partial charge on any atom is 0.240 e. The first kappa shape index (κ1) is 9.41. The van der Waals surface area contributed by atoms with Crippen molar-refractivity contribution in [3.05, 3.63) is 35.4 Å². The van der Waals surface area contributed by atoms with Crippen molar-refractivity contribution in [2.75, 3.05) is 0 Å². The zero-order valence-electron chi connectivity index (χ0n) is 8.03. The zero-order chi connectivity index (χ0) is 10.7. The average Bonchev–Trinajstić information content (AvgIpc) is 2.30. The van der Waals surface area contributed by atoms with Gasteiger partial charge in [0, 0.05) is 18.4 Å². The van der Waals surface area contributed by atoms with Gasteiger partial charge < -0.3 is 0 Å². The molecule has 1 amide bonds. The van der Waals surface area contributed by atoms with Gasteiger partial charge in [-0.15, -0.1) is 0 Å². The monoisotopic (exact) mass is 199 g/mol. The zero-order valence-corrected chi connectivity index (χ0v) is 8.03. The molecule has 1 aromatic rings. The van der Waals surface area contributed by atoms with E-state index < -0.39 is 0 Å². The third kappa shape index (κ3) is 1.86.